The van der Waals surface area contributed by atoms with E-state index in [4.69, 9.17) is 14.2 Å². The molecule has 0 bridgehead atoms. The van der Waals surface area contributed by atoms with Crippen molar-refractivity contribution in [2.24, 2.45) is 0 Å². The first kappa shape index (κ1) is 16.9. The van der Waals surface area contributed by atoms with Gasteiger partial charge in [0.05, 0.1) is 7.11 Å². The Hall–Kier alpha value is -2.96. The molecule has 0 spiro atoms. The highest BCUT2D eigenvalue weighted by molar-refractivity contribution is 5.74. The zero-order valence-corrected chi connectivity index (χ0v) is 14.3. The number of hydrogen-bond acceptors (Lipinski definition) is 5. The van der Waals surface area contributed by atoms with E-state index in [2.05, 4.69) is 10.3 Å². The van der Waals surface area contributed by atoms with Gasteiger partial charge in [-0.25, -0.2) is 9.78 Å². The largest absolute Gasteiger partial charge is 0.486 e. The Morgan fingerprint density at radius 1 is 1.28 bits per heavy atom. The van der Waals surface area contributed by atoms with Crippen LogP contribution in [0.5, 0.6) is 17.4 Å². The van der Waals surface area contributed by atoms with Gasteiger partial charge < -0.3 is 24.4 Å². The molecule has 0 aliphatic carbocycles. The number of ether oxygens (including phenoxy) is 3. The first-order valence-electron chi connectivity index (χ1n) is 8.02. The minimum Gasteiger partial charge on any atom is -0.486 e. The number of carbonyl (C=O) groups is 1. The van der Waals surface area contributed by atoms with Crippen LogP contribution in [0.15, 0.2) is 36.5 Å². The average Bonchev–Trinajstić information content (AvgIpc) is 2.66. The van der Waals surface area contributed by atoms with Crippen molar-refractivity contribution in [2.45, 2.75) is 13.1 Å². The van der Waals surface area contributed by atoms with Crippen LogP contribution in [-0.4, -0.2) is 43.3 Å². The number of nitrogens with one attached hydrogen (secondary N) is 1. The molecular formula is C18H21N3O4. The molecule has 7 heteroatoms. The molecule has 1 N–H and O–H groups in total. The number of carbonyl (C=O) groups excluding carboxylic acids is 1. The van der Waals surface area contributed by atoms with Crippen LogP contribution >= 0.6 is 0 Å². The molecule has 25 heavy (non-hydrogen) atoms. The summed E-state index contributed by atoms with van der Waals surface area (Å²) in [6, 6.07) is 9.20. The van der Waals surface area contributed by atoms with E-state index in [1.54, 1.807) is 25.3 Å². The second kappa shape index (κ2) is 7.74. The van der Waals surface area contributed by atoms with Crippen molar-refractivity contribution in [2.75, 3.05) is 27.4 Å². The van der Waals surface area contributed by atoms with Crippen LogP contribution in [0, 0.1) is 0 Å². The molecule has 1 aromatic heterocycles. The zero-order valence-electron chi connectivity index (χ0n) is 14.3. The Kier molecular flexibility index (Phi) is 5.23. The molecular weight excluding hydrogens is 322 g/mol. The van der Waals surface area contributed by atoms with Gasteiger partial charge in [0.2, 0.25) is 5.88 Å². The third-order valence-corrected chi connectivity index (χ3v) is 3.85. The highest BCUT2D eigenvalue weighted by atomic mass is 16.6. The summed E-state index contributed by atoms with van der Waals surface area (Å²) in [6.45, 7) is 1.92. The Morgan fingerprint density at radius 2 is 2.08 bits per heavy atom. The van der Waals surface area contributed by atoms with Crippen LogP contribution in [0.3, 0.4) is 0 Å². The fraction of sp³-hybridized carbons (Fsp3) is 0.333. The van der Waals surface area contributed by atoms with E-state index in [0.29, 0.717) is 32.2 Å². The normalized spacial score (nSPS) is 12.4. The van der Waals surface area contributed by atoms with Gasteiger partial charge in [0.15, 0.2) is 11.5 Å². The molecule has 132 valence electrons. The summed E-state index contributed by atoms with van der Waals surface area (Å²) in [5.41, 5.74) is 1.80. The molecule has 2 amide bonds. The van der Waals surface area contributed by atoms with Gasteiger partial charge in [-0.05, 0) is 23.8 Å². The Labute approximate surface area is 146 Å². The van der Waals surface area contributed by atoms with E-state index in [-0.39, 0.29) is 6.03 Å². The molecule has 0 saturated carbocycles. The summed E-state index contributed by atoms with van der Waals surface area (Å²) in [7, 11) is 3.30. The lowest BCUT2D eigenvalue weighted by Crippen LogP contribution is -2.36. The number of nitrogens with zero attached hydrogens (tertiary/aromatic N) is 2. The van der Waals surface area contributed by atoms with E-state index < -0.39 is 0 Å². The molecule has 0 fully saturated rings. The van der Waals surface area contributed by atoms with Crippen molar-refractivity contribution < 1.29 is 19.0 Å². The van der Waals surface area contributed by atoms with Crippen LogP contribution < -0.4 is 19.5 Å². The van der Waals surface area contributed by atoms with Crippen molar-refractivity contribution in [1.29, 1.82) is 0 Å². The van der Waals surface area contributed by atoms with E-state index in [0.717, 1.165) is 22.6 Å². The first-order valence-corrected chi connectivity index (χ1v) is 8.02. The predicted octanol–water partition coefficient (Wildman–Crippen LogP) is 2.20. The minimum absolute atomic E-state index is 0.180. The summed E-state index contributed by atoms with van der Waals surface area (Å²) in [4.78, 5) is 18.0. The number of fused-ring (bicyclic) bond motifs is 1. The standard InChI is InChI=1S/C18H21N3O4/c1-21(12-13-5-6-15-16(10-13)25-9-8-24-15)18(22)20-11-14-4-3-7-19-17(14)23-2/h3-7,10H,8-9,11-12H2,1-2H3,(H,20,22). The van der Waals surface area contributed by atoms with Crippen molar-refractivity contribution in [3.63, 3.8) is 0 Å². The van der Waals surface area contributed by atoms with E-state index in [1.807, 2.05) is 30.3 Å². The fourth-order valence-electron chi connectivity index (χ4n) is 2.58. The summed E-state index contributed by atoms with van der Waals surface area (Å²) in [5, 5.41) is 2.87. The summed E-state index contributed by atoms with van der Waals surface area (Å²) in [5.74, 6) is 1.97. The number of benzene rings is 1. The quantitative estimate of drug-likeness (QED) is 0.901. The number of aromatic nitrogens is 1. The molecule has 1 aliphatic rings. The molecule has 3 rings (SSSR count). The van der Waals surface area contributed by atoms with Gasteiger partial charge in [0.1, 0.15) is 13.2 Å². The van der Waals surface area contributed by atoms with Gasteiger partial charge in [-0.2, -0.15) is 0 Å². The lowest BCUT2D eigenvalue weighted by atomic mass is 10.2. The number of urea groups is 1. The molecule has 0 radical (unpaired) electrons. The maximum atomic E-state index is 12.3. The lowest BCUT2D eigenvalue weighted by Gasteiger charge is -2.21. The maximum Gasteiger partial charge on any atom is 0.317 e. The number of rotatable bonds is 5. The average molecular weight is 343 g/mol. The van der Waals surface area contributed by atoms with Crippen molar-refractivity contribution in [1.82, 2.24) is 15.2 Å². The zero-order chi connectivity index (χ0) is 17.6. The van der Waals surface area contributed by atoms with Crippen molar-refractivity contribution in [3.05, 3.63) is 47.7 Å². The Bertz CT molecular complexity index is 751. The fourth-order valence-corrected chi connectivity index (χ4v) is 2.58. The Balaban J connectivity index is 1.57. The molecule has 1 aliphatic heterocycles. The predicted molar refractivity (Wildman–Crippen MR) is 91.9 cm³/mol. The van der Waals surface area contributed by atoms with E-state index in [1.165, 1.54) is 0 Å². The second-order valence-electron chi connectivity index (χ2n) is 5.66. The molecule has 0 atom stereocenters. The SMILES string of the molecule is COc1ncccc1CNC(=O)N(C)Cc1ccc2c(c1)OCCO2. The molecule has 7 nitrogen and oxygen atoms in total. The van der Waals surface area contributed by atoms with Gasteiger partial charge in [-0.1, -0.05) is 12.1 Å². The molecule has 1 aromatic carbocycles. The van der Waals surface area contributed by atoms with Gasteiger partial charge in [0, 0.05) is 31.9 Å². The van der Waals surface area contributed by atoms with E-state index in [9.17, 15) is 4.79 Å². The summed E-state index contributed by atoms with van der Waals surface area (Å²) >= 11 is 0. The lowest BCUT2D eigenvalue weighted by molar-refractivity contribution is 0.171. The Morgan fingerprint density at radius 3 is 2.88 bits per heavy atom. The molecule has 0 saturated heterocycles. The molecule has 2 heterocycles. The summed E-state index contributed by atoms with van der Waals surface area (Å²) in [6.07, 6.45) is 1.65. The smallest absolute Gasteiger partial charge is 0.317 e. The number of pyridine rings is 1. The van der Waals surface area contributed by atoms with Gasteiger partial charge in [-0.15, -0.1) is 0 Å². The highest BCUT2D eigenvalue weighted by Crippen LogP contribution is 2.31. The second-order valence-corrected chi connectivity index (χ2v) is 5.66. The maximum absolute atomic E-state index is 12.3. The van der Waals surface area contributed by atoms with Gasteiger partial charge in [-0.3, -0.25) is 0 Å². The van der Waals surface area contributed by atoms with Gasteiger partial charge in [0.25, 0.3) is 0 Å². The third kappa shape index (κ3) is 4.12. The first-order chi connectivity index (χ1) is 12.2. The topological polar surface area (TPSA) is 72.9 Å². The monoisotopic (exact) mass is 343 g/mol. The van der Waals surface area contributed by atoms with E-state index >= 15 is 0 Å². The number of amides is 2. The number of hydrogen-bond donors (Lipinski definition) is 1. The van der Waals surface area contributed by atoms with Crippen LogP contribution in [0.2, 0.25) is 0 Å². The third-order valence-electron chi connectivity index (χ3n) is 3.85. The molecule has 2 aromatic rings. The highest BCUT2D eigenvalue weighted by Gasteiger charge is 2.14. The van der Waals surface area contributed by atoms with Crippen LogP contribution in [0.4, 0.5) is 4.79 Å². The van der Waals surface area contributed by atoms with Crippen molar-refractivity contribution >= 4 is 6.03 Å². The summed E-state index contributed by atoms with van der Waals surface area (Å²) < 4.78 is 16.3. The van der Waals surface area contributed by atoms with Gasteiger partial charge >= 0.3 is 6.03 Å². The van der Waals surface area contributed by atoms with Crippen LogP contribution in [-0.2, 0) is 13.1 Å². The van der Waals surface area contributed by atoms with Crippen LogP contribution in [0.25, 0.3) is 0 Å². The van der Waals surface area contributed by atoms with Crippen molar-refractivity contribution in [3.8, 4) is 17.4 Å². The number of methoxy groups -OCH3 is 1. The molecule has 0 unspecified atom stereocenters. The minimum atomic E-state index is -0.180. The van der Waals surface area contributed by atoms with Crippen LogP contribution in [0.1, 0.15) is 11.1 Å².